The van der Waals surface area contributed by atoms with E-state index in [1.807, 2.05) is 0 Å². The zero-order valence-corrected chi connectivity index (χ0v) is 11.7. The molecule has 110 valence electrons. The summed E-state index contributed by atoms with van der Waals surface area (Å²) in [7, 11) is 0. The van der Waals surface area contributed by atoms with Gasteiger partial charge in [0.15, 0.2) is 5.17 Å². The molecular formula is C13H16F3N3S. The number of hydrogen-bond acceptors (Lipinski definition) is 4. The monoisotopic (exact) mass is 303 g/mol. The Bertz CT molecular complexity index is 460. The quantitative estimate of drug-likeness (QED) is 0.795. The van der Waals surface area contributed by atoms with Crippen LogP contribution >= 0.6 is 11.8 Å². The first-order valence-electron chi connectivity index (χ1n) is 6.29. The van der Waals surface area contributed by atoms with Gasteiger partial charge < -0.3 is 10.2 Å². The fourth-order valence-corrected chi connectivity index (χ4v) is 2.94. The van der Waals surface area contributed by atoms with Gasteiger partial charge in [-0.3, -0.25) is 4.99 Å². The predicted octanol–water partition coefficient (Wildman–Crippen LogP) is 2.55. The lowest BCUT2D eigenvalue weighted by molar-refractivity contribution is -0.0882. The molecule has 0 saturated carbocycles. The van der Waals surface area contributed by atoms with Crippen molar-refractivity contribution in [3.63, 3.8) is 0 Å². The normalized spacial score (nSPS) is 23.1. The highest BCUT2D eigenvalue weighted by Crippen LogP contribution is 2.33. The largest absolute Gasteiger partial charge is 0.416 e. The molecule has 3 nitrogen and oxygen atoms in total. The van der Waals surface area contributed by atoms with E-state index in [2.05, 4.69) is 21.8 Å². The molecule has 20 heavy (non-hydrogen) atoms. The van der Waals surface area contributed by atoms with Crippen LogP contribution in [0.5, 0.6) is 0 Å². The maximum absolute atomic E-state index is 12.8. The standard InChI is InChI=1S/C13H16F3N3S/c1-2-3-10(13(14,15)16)8-11-9-18-12(20-11)19-6-4-17-5-7-19/h2-3,8,17H,1,4-7,9H2/b10-3+,11-8+. The summed E-state index contributed by atoms with van der Waals surface area (Å²) in [6.45, 7) is 7.07. The number of halogens is 3. The summed E-state index contributed by atoms with van der Waals surface area (Å²) >= 11 is 1.32. The first kappa shape index (κ1) is 15.2. The Labute approximate surface area is 120 Å². The third-order valence-corrected chi connectivity index (χ3v) is 4.00. The van der Waals surface area contributed by atoms with Crippen LogP contribution in [0.1, 0.15) is 0 Å². The summed E-state index contributed by atoms with van der Waals surface area (Å²) in [6.07, 6.45) is -1.07. The molecule has 0 amide bonds. The SMILES string of the molecule is C=C/C=C(\C=C1/CN=C(N2CCNCC2)S1)C(F)(F)F. The van der Waals surface area contributed by atoms with Gasteiger partial charge in [-0.25, -0.2) is 0 Å². The molecule has 0 atom stereocenters. The van der Waals surface area contributed by atoms with Gasteiger partial charge in [-0.05, 0) is 6.08 Å². The Hall–Kier alpha value is -1.21. The number of rotatable bonds is 2. The summed E-state index contributed by atoms with van der Waals surface area (Å²) in [5.41, 5.74) is -0.688. The minimum absolute atomic E-state index is 0.314. The summed E-state index contributed by atoms with van der Waals surface area (Å²) in [5.74, 6) is 0. The summed E-state index contributed by atoms with van der Waals surface area (Å²) in [5, 5.41) is 4.05. The fourth-order valence-electron chi connectivity index (χ4n) is 1.95. The molecule has 2 heterocycles. The number of hydrogen-bond donors (Lipinski definition) is 1. The summed E-state index contributed by atoms with van der Waals surface area (Å²) in [4.78, 5) is 7.04. The molecule has 0 radical (unpaired) electrons. The van der Waals surface area contributed by atoms with Crippen molar-refractivity contribution in [2.75, 3.05) is 32.7 Å². The topological polar surface area (TPSA) is 27.6 Å². The van der Waals surface area contributed by atoms with Crippen LogP contribution in [-0.2, 0) is 0 Å². The Kier molecular flexibility index (Phi) is 4.93. The van der Waals surface area contributed by atoms with Crippen LogP contribution < -0.4 is 5.32 Å². The van der Waals surface area contributed by atoms with Gasteiger partial charge in [0, 0.05) is 31.1 Å². The van der Waals surface area contributed by atoms with E-state index in [0.29, 0.717) is 11.4 Å². The van der Waals surface area contributed by atoms with E-state index in [1.54, 1.807) is 0 Å². The number of nitrogens with one attached hydrogen (secondary N) is 1. The molecule has 2 aliphatic rings. The molecule has 1 saturated heterocycles. The molecule has 1 fully saturated rings. The zero-order chi connectivity index (χ0) is 14.6. The third kappa shape index (κ3) is 3.89. The van der Waals surface area contributed by atoms with Crippen LogP contribution in [0.2, 0.25) is 0 Å². The number of thioether (sulfide) groups is 1. The second-order valence-corrected chi connectivity index (χ2v) is 5.50. The van der Waals surface area contributed by atoms with Crippen molar-refractivity contribution in [2.24, 2.45) is 4.99 Å². The first-order valence-corrected chi connectivity index (χ1v) is 7.11. The molecule has 0 aliphatic carbocycles. The maximum Gasteiger partial charge on any atom is 0.416 e. The molecule has 0 aromatic heterocycles. The lowest BCUT2D eigenvalue weighted by Crippen LogP contribution is -2.45. The number of amidine groups is 1. The Balaban J connectivity index is 2.04. The fraction of sp³-hybridized carbons (Fsp3) is 0.462. The second kappa shape index (κ2) is 6.49. The molecule has 1 N–H and O–H groups in total. The average molecular weight is 303 g/mol. The van der Waals surface area contributed by atoms with E-state index in [0.717, 1.165) is 49.6 Å². The van der Waals surface area contributed by atoms with Crippen molar-refractivity contribution < 1.29 is 13.2 Å². The van der Waals surface area contributed by atoms with Crippen molar-refractivity contribution in [1.82, 2.24) is 10.2 Å². The number of allylic oxidation sites excluding steroid dienone is 4. The van der Waals surface area contributed by atoms with E-state index in [1.165, 1.54) is 11.8 Å². The van der Waals surface area contributed by atoms with Crippen molar-refractivity contribution in [1.29, 1.82) is 0 Å². The van der Waals surface area contributed by atoms with E-state index >= 15 is 0 Å². The minimum atomic E-state index is -4.36. The summed E-state index contributed by atoms with van der Waals surface area (Å²) in [6, 6.07) is 0. The molecule has 2 rings (SSSR count). The molecule has 2 aliphatic heterocycles. The third-order valence-electron chi connectivity index (χ3n) is 2.92. The molecule has 0 aromatic carbocycles. The van der Waals surface area contributed by atoms with Crippen molar-refractivity contribution in [3.8, 4) is 0 Å². The number of piperazine rings is 1. The van der Waals surface area contributed by atoms with Gasteiger partial charge in [0.1, 0.15) is 0 Å². The molecule has 0 bridgehead atoms. The molecule has 0 unspecified atom stereocenters. The molecule has 0 spiro atoms. The van der Waals surface area contributed by atoms with E-state index < -0.39 is 11.7 Å². The summed E-state index contributed by atoms with van der Waals surface area (Å²) < 4.78 is 38.4. The van der Waals surface area contributed by atoms with E-state index in [4.69, 9.17) is 0 Å². The van der Waals surface area contributed by atoms with Gasteiger partial charge in [-0.15, -0.1) is 0 Å². The zero-order valence-electron chi connectivity index (χ0n) is 10.9. The van der Waals surface area contributed by atoms with Crippen LogP contribution in [0.15, 0.2) is 40.3 Å². The van der Waals surface area contributed by atoms with Crippen LogP contribution in [0.4, 0.5) is 13.2 Å². The van der Waals surface area contributed by atoms with Gasteiger partial charge in [0.05, 0.1) is 12.1 Å². The Morgan fingerprint density at radius 2 is 2.05 bits per heavy atom. The van der Waals surface area contributed by atoms with Crippen LogP contribution in [0.25, 0.3) is 0 Å². The molecule has 0 aromatic rings. The highest BCUT2D eigenvalue weighted by atomic mass is 32.2. The highest BCUT2D eigenvalue weighted by Gasteiger charge is 2.32. The van der Waals surface area contributed by atoms with Crippen molar-refractivity contribution in [3.05, 3.63) is 35.3 Å². The average Bonchev–Trinajstić information content (AvgIpc) is 2.87. The van der Waals surface area contributed by atoms with E-state index in [-0.39, 0.29) is 0 Å². The van der Waals surface area contributed by atoms with Crippen molar-refractivity contribution >= 4 is 16.9 Å². The van der Waals surface area contributed by atoms with Gasteiger partial charge in [-0.1, -0.05) is 30.5 Å². The van der Waals surface area contributed by atoms with Crippen molar-refractivity contribution in [2.45, 2.75) is 6.18 Å². The Morgan fingerprint density at radius 3 is 2.65 bits per heavy atom. The smallest absolute Gasteiger partial charge is 0.349 e. The number of alkyl halides is 3. The van der Waals surface area contributed by atoms with Crippen LogP contribution in [0.3, 0.4) is 0 Å². The van der Waals surface area contributed by atoms with Crippen LogP contribution in [0, 0.1) is 0 Å². The molecular weight excluding hydrogens is 287 g/mol. The van der Waals surface area contributed by atoms with Gasteiger partial charge in [-0.2, -0.15) is 13.2 Å². The van der Waals surface area contributed by atoms with Gasteiger partial charge in [0.2, 0.25) is 0 Å². The predicted molar refractivity (Wildman–Crippen MR) is 76.8 cm³/mol. The van der Waals surface area contributed by atoms with Gasteiger partial charge >= 0.3 is 6.18 Å². The lowest BCUT2D eigenvalue weighted by atomic mass is 10.2. The van der Waals surface area contributed by atoms with Gasteiger partial charge in [0.25, 0.3) is 0 Å². The highest BCUT2D eigenvalue weighted by molar-refractivity contribution is 8.17. The maximum atomic E-state index is 12.8. The lowest BCUT2D eigenvalue weighted by Gasteiger charge is -2.28. The van der Waals surface area contributed by atoms with Crippen LogP contribution in [-0.4, -0.2) is 49.0 Å². The molecule has 7 heteroatoms. The second-order valence-electron chi connectivity index (χ2n) is 4.40. The Morgan fingerprint density at radius 1 is 1.35 bits per heavy atom. The first-order chi connectivity index (χ1) is 9.50. The minimum Gasteiger partial charge on any atom is -0.349 e. The van der Waals surface area contributed by atoms with E-state index in [9.17, 15) is 13.2 Å². The number of nitrogens with zero attached hydrogens (tertiary/aromatic N) is 2. The number of aliphatic imine (C=N–C) groups is 1.